The fourth-order valence-corrected chi connectivity index (χ4v) is 9.58. The molecule has 0 saturated carbocycles. The maximum absolute atomic E-state index is 13.5. The summed E-state index contributed by atoms with van der Waals surface area (Å²) in [6.07, 6.45) is 74.5. The van der Waals surface area contributed by atoms with Gasteiger partial charge in [-0.1, -0.05) is 247 Å². The molecule has 3 atom stereocenters. The predicted octanol–water partition coefficient (Wildman–Crippen LogP) is 19.8. The molecule has 0 bridgehead atoms. The topological polar surface area (TPSA) is 111 Å². The summed E-state index contributed by atoms with van der Waals surface area (Å²) in [6.45, 7) is 6.92. The van der Waals surface area contributed by atoms with Gasteiger partial charge in [-0.15, -0.1) is 0 Å². The van der Waals surface area contributed by atoms with Crippen LogP contribution in [0.5, 0.6) is 0 Å². The van der Waals surface area contributed by atoms with Crippen molar-refractivity contribution in [2.75, 3.05) is 40.9 Å². The Morgan fingerprint density at radius 3 is 1.23 bits per heavy atom. The molecule has 0 aromatic rings. The number of amides is 1. The number of ether oxygens (including phenoxy) is 1. The first-order valence-corrected chi connectivity index (χ1v) is 33.4. The lowest BCUT2D eigenvalue weighted by Crippen LogP contribution is -2.47. The van der Waals surface area contributed by atoms with Crippen molar-refractivity contribution in [3.8, 4) is 0 Å². The van der Waals surface area contributed by atoms with Crippen molar-refractivity contribution in [2.24, 2.45) is 0 Å². The summed E-state index contributed by atoms with van der Waals surface area (Å²) in [5.41, 5.74) is 0. The van der Waals surface area contributed by atoms with Crippen LogP contribution >= 0.6 is 7.82 Å². The molecule has 0 aliphatic heterocycles. The van der Waals surface area contributed by atoms with Crippen LogP contribution < -0.4 is 5.32 Å². The van der Waals surface area contributed by atoms with Gasteiger partial charge in [-0.05, 0) is 102 Å². The van der Waals surface area contributed by atoms with E-state index in [0.717, 1.165) is 70.6 Å². The van der Waals surface area contributed by atoms with E-state index in [2.05, 4.69) is 99.0 Å². The number of phosphoric acid groups is 1. The maximum atomic E-state index is 13.5. The average molecular weight is 1100 g/mol. The van der Waals surface area contributed by atoms with Crippen LogP contribution in [0.25, 0.3) is 0 Å². The SMILES string of the molecule is CCCCC/C=C\C/C=C\C/C=C\C/C=C\CCCC(=O)NC(COP(=O)(O)OCC[N+](C)(C)C)C(/C=C\CCCCCCCCCCC)OC(=O)CCCCCCCCCCCCCCC/C=C\C/C=C\CCCCC. The minimum Gasteiger partial charge on any atom is -0.456 e. The molecule has 3 unspecified atom stereocenters. The van der Waals surface area contributed by atoms with Gasteiger partial charge in [0.05, 0.1) is 33.8 Å². The van der Waals surface area contributed by atoms with Crippen molar-refractivity contribution in [1.82, 2.24) is 5.32 Å². The standard InChI is InChI=1S/C67H121N2O7P/c1-7-10-13-16-19-22-25-27-29-31-32-33-34-35-36-38-40-42-45-48-51-54-57-60-67(71)76-65(58-55-52-49-46-43-24-21-18-15-12-9-3)64(63-75-77(72,73)74-62-61-69(4,5)6)68-66(70)59-56-53-50-47-44-41-39-37-30-28-26-23-20-17-14-11-8-2/h19-20,22-23,27-30,39,41,47,50,55,58,64-65H,7-18,21,24-26,31-38,40,42-46,48-49,51-54,56-57,59-63H2,1-6H3,(H-,68,70,72,73)/p+1/b22-19-,23-20-,29-27-,30-28-,41-39-,50-47-,58-55-. The summed E-state index contributed by atoms with van der Waals surface area (Å²) in [5, 5.41) is 3.02. The van der Waals surface area contributed by atoms with Crippen LogP contribution in [-0.4, -0.2) is 74.3 Å². The Kier molecular flexibility index (Phi) is 54.4. The van der Waals surface area contributed by atoms with E-state index in [1.807, 2.05) is 33.3 Å². The van der Waals surface area contributed by atoms with E-state index in [4.69, 9.17) is 13.8 Å². The van der Waals surface area contributed by atoms with Crippen LogP contribution in [0.3, 0.4) is 0 Å². The Bertz CT molecular complexity index is 1590. The normalized spacial score (nSPS) is 14.2. The van der Waals surface area contributed by atoms with Gasteiger partial charge < -0.3 is 19.4 Å². The van der Waals surface area contributed by atoms with E-state index in [0.29, 0.717) is 17.4 Å². The fraction of sp³-hybridized carbons (Fsp3) is 0.761. The number of carbonyl (C=O) groups excluding carboxylic acids is 2. The fourth-order valence-electron chi connectivity index (χ4n) is 8.85. The number of quaternary nitrogens is 1. The minimum atomic E-state index is -4.47. The van der Waals surface area contributed by atoms with Gasteiger partial charge in [-0.25, -0.2) is 4.57 Å². The first-order valence-electron chi connectivity index (χ1n) is 31.9. The van der Waals surface area contributed by atoms with Crippen molar-refractivity contribution < 1.29 is 37.3 Å². The number of carbonyl (C=O) groups is 2. The number of likely N-dealkylation sites (N-methyl/N-ethyl adjacent to an activating group) is 1. The smallest absolute Gasteiger partial charge is 0.456 e. The second-order valence-electron chi connectivity index (χ2n) is 22.6. The second-order valence-corrected chi connectivity index (χ2v) is 24.0. The molecule has 0 aromatic heterocycles. The van der Waals surface area contributed by atoms with E-state index < -0.39 is 20.0 Å². The third-order valence-corrected chi connectivity index (χ3v) is 14.8. The Morgan fingerprint density at radius 1 is 0.455 bits per heavy atom. The van der Waals surface area contributed by atoms with E-state index in [1.165, 1.54) is 167 Å². The number of unbranched alkanes of at least 4 members (excludes halogenated alkanes) is 29. The van der Waals surface area contributed by atoms with Gasteiger partial charge >= 0.3 is 13.8 Å². The minimum absolute atomic E-state index is 0.0274. The molecule has 10 heteroatoms. The van der Waals surface area contributed by atoms with E-state index >= 15 is 0 Å². The lowest BCUT2D eigenvalue weighted by atomic mass is 10.0. The number of hydrogen-bond acceptors (Lipinski definition) is 6. The summed E-state index contributed by atoms with van der Waals surface area (Å²) >= 11 is 0. The molecule has 77 heavy (non-hydrogen) atoms. The van der Waals surface area contributed by atoms with Gasteiger partial charge in [-0.2, -0.15) is 0 Å². The molecule has 2 N–H and O–H groups in total. The van der Waals surface area contributed by atoms with Crippen LogP contribution in [-0.2, 0) is 27.9 Å². The molecular weight excluding hydrogens is 976 g/mol. The van der Waals surface area contributed by atoms with Gasteiger partial charge in [0, 0.05) is 12.8 Å². The lowest BCUT2D eigenvalue weighted by Gasteiger charge is -2.27. The zero-order chi connectivity index (χ0) is 56.4. The molecular formula is C67H122N2O7P+. The quantitative estimate of drug-likeness (QED) is 0.0205. The highest BCUT2D eigenvalue weighted by Gasteiger charge is 2.30. The number of hydrogen-bond donors (Lipinski definition) is 2. The third kappa shape index (κ3) is 57.7. The largest absolute Gasteiger partial charge is 0.472 e. The summed E-state index contributed by atoms with van der Waals surface area (Å²) in [7, 11) is 1.46. The van der Waals surface area contributed by atoms with Gasteiger partial charge in [0.25, 0.3) is 0 Å². The number of nitrogens with one attached hydrogen (secondary N) is 1. The molecule has 9 nitrogen and oxygen atoms in total. The molecule has 0 fully saturated rings. The highest BCUT2D eigenvalue weighted by molar-refractivity contribution is 7.47. The summed E-state index contributed by atoms with van der Waals surface area (Å²) < 4.78 is 30.7. The number of rotatable bonds is 57. The van der Waals surface area contributed by atoms with Crippen molar-refractivity contribution in [1.29, 1.82) is 0 Å². The molecule has 446 valence electrons. The van der Waals surface area contributed by atoms with Crippen LogP contribution in [0.1, 0.15) is 278 Å². The maximum Gasteiger partial charge on any atom is 0.472 e. The Hall–Kier alpha value is -2.81. The highest BCUT2D eigenvalue weighted by Crippen LogP contribution is 2.43. The van der Waals surface area contributed by atoms with E-state index in [-0.39, 0.29) is 37.9 Å². The van der Waals surface area contributed by atoms with E-state index in [9.17, 15) is 19.0 Å². The molecule has 0 aromatic carbocycles. The van der Waals surface area contributed by atoms with Crippen molar-refractivity contribution >= 4 is 19.7 Å². The van der Waals surface area contributed by atoms with Gasteiger partial charge in [0.1, 0.15) is 19.3 Å². The van der Waals surface area contributed by atoms with Gasteiger partial charge in [0.15, 0.2) is 0 Å². The Balaban J connectivity index is 5.21. The molecule has 0 rings (SSSR count). The predicted molar refractivity (Wildman–Crippen MR) is 332 cm³/mol. The van der Waals surface area contributed by atoms with Crippen LogP contribution in [0.2, 0.25) is 0 Å². The molecule has 0 radical (unpaired) electrons. The summed E-state index contributed by atoms with van der Waals surface area (Å²) in [6, 6.07) is -0.880. The van der Waals surface area contributed by atoms with E-state index in [1.54, 1.807) is 0 Å². The molecule has 0 heterocycles. The Labute approximate surface area is 476 Å². The number of phosphoric ester groups is 1. The highest BCUT2D eigenvalue weighted by atomic mass is 31.2. The molecule has 1 amide bonds. The molecule has 0 aliphatic carbocycles. The third-order valence-electron chi connectivity index (χ3n) is 13.8. The lowest BCUT2D eigenvalue weighted by molar-refractivity contribution is -0.870. The van der Waals surface area contributed by atoms with Crippen LogP contribution in [0.15, 0.2) is 85.1 Å². The molecule has 0 saturated heterocycles. The molecule has 0 aliphatic rings. The zero-order valence-corrected chi connectivity index (χ0v) is 51.8. The second kappa shape index (κ2) is 56.5. The summed E-state index contributed by atoms with van der Waals surface area (Å²) in [5.74, 6) is -0.570. The van der Waals surface area contributed by atoms with Crippen molar-refractivity contribution in [2.45, 2.75) is 290 Å². The number of allylic oxidation sites excluding steroid dienone is 13. The van der Waals surface area contributed by atoms with Crippen molar-refractivity contribution in [3.63, 3.8) is 0 Å². The summed E-state index contributed by atoms with van der Waals surface area (Å²) in [4.78, 5) is 37.7. The zero-order valence-electron chi connectivity index (χ0n) is 50.9. The monoisotopic (exact) mass is 1100 g/mol. The number of esters is 1. The van der Waals surface area contributed by atoms with Crippen LogP contribution in [0.4, 0.5) is 0 Å². The van der Waals surface area contributed by atoms with Crippen LogP contribution in [0, 0.1) is 0 Å². The molecule has 0 spiro atoms. The first-order chi connectivity index (χ1) is 37.4. The van der Waals surface area contributed by atoms with Gasteiger partial charge in [-0.3, -0.25) is 18.6 Å². The van der Waals surface area contributed by atoms with Gasteiger partial charge in [0.2, 0.25) is 5.91 Å². The Morgan fingerprint density at radius 2 is 0.805 bits per heavy atom. The van der Waals surface area contributed by atoms with Crippen molar-refractivity contribution in [3.05, 3.63) is 85.1 Å². The first kappa shape index (κ1) is 74.2. The number of nitrogens with zero attached hydrogens (tertiary/aromatic N) is 1. The average Bonchev–Trinajstić information content (AvgIpc) is 3.39.